The van der Waals surface area contributed by atoms with Gasteiger partial charge in [0.1, 0.15) is 0 Å². The molecule has 2 heterocycles. The number of amides is 2. The van der Waals surface area contributed by atoms with Gasteiger partial charge in [-0.05, 0) is 43.1 Å². The van der Waals surface area contributed by atoms with E-state index < -0.39 is 0 Å². The van der Waals surface area contributed by atoms with Gasteiger partial charge in [-0.25, -0.2) is 9.37 Å². The van der Waals surface area contributed by atoms with Crippen molar-refractivity contribution in [1.29, 1.82) is 0 Å². The van der Waals surface area contributed by atoms with Crippen molar-refractivity contribution in [3.63, 3.8) is 0 Å². The van der Waals surface area contributed by atoms with Gasteiger partial charge in [0.05, 0.1) is 16.2 Å². The fourth-order valence-electron chi connectivity index (χ4n) is 2.86. The van der Waals surface area contributed by atoms with E-state index in [0.717, 1.165) is 16.3 Å². The van der Waals surface area contributed by atoms with Gasteiger partial charge in [-0.1, -0.05) is 18.2 Å². The lowest BCUT2D eigenvalue weighted by atomic mass is 10.1. The van der Waals surface area contributed by atoms with Crippen LogP contribution in [0.1, 0.15) is 27.0 Å². The molecule has 1 unspecified atom stereocenters. The van der Waals surface area contributed by atoms with Crippen molar-refractivity contribution in [1.82, 2.24) is 14.3 Å². The molecule has 0 radical (unpaired) electrons. The third-order valence-corrected chi connectivity index (χ3v) is 6.87. The highest BCUT2D eigenvalue weighted by Gasteiger charge is 2.28. The van der Waals surface area contributed by atoms with Gasteiger partial charge in [0.25, 0.3) is 11.8 Å². The lowest BCUT2D eigenvalue weighted by molar-refractivity contribution is -0.0753. The number of thiophene rings is 1. The first kappa shape index (κ1) is 19.9. The number of nitrogens with zero attached hydrogens (tertiary/aromatic N) is 3. The Hall–Kier alpha value is -1.87. The average molecular weight is 406 g/mol. The Kier molecular flexibility index (Phi) is 6.54. The first-order valence-electron chi connectivity index (χ1n) is 8.70. The van der Waals surface area contributed by atoms with E-state index in [9.17, 15) is 9.59 Å². The highest BCUT2D eigenvalue weighted by atomic mass is 32.2. The van der Waals surface area contributed by atoms with Crippen molar-refractivity contribution in [3.05, 3.63) is 52.9 Å². The molecule has 0 saturated carbocycles. The van der Waals surface area contributed by atoms with Crippen LogP contribution in [0.4, 0.5) is 0 Å². The van der Waals surface area contributed by atoms with Crippen LogP contribution in [0.25, 0.3) is 0 Å². The molecule has 0 bridgehead atoms. The van der Waals surface area contributed by atoms with Crippen LogP contribution in [0.2, 0.25) is 0 Å². The minimum atomic E-state index is -0.152. The average Bonchev–Trinajstić information content (AvgIpc) is 3.17. The van der Waals surface area contributed by atoms with Gasteiger partial charge in [-0.2, -0.15) is 0 Å². The van der Waals surface area contributed by atoms with Crippen LogP contribution in [0.15, 0.2) is 46.7 Å². The molecule has 27 heavy (non-hydrogen) atoms. The molecule has 1 fully saturated rings. The van der Waals surface area contributed by atoms with Gasteiger partial charge < -0.3 is 4.90 Å². The molecule has 8 heteroatoms. The van der Waals surface area contributed by atoms with E-state index in [1.54, 1.807) is 19.0 Å². The van der Waals surface area contributed by atoms with Gasteiger partial charge >= 0.3 is 0 Å². The highest BCUT2D eigenvalue weighted by Crippen LogP contribution is 2.33. The molecule has 1 atom stereocenters. The van der Waals surface area contributed by atoms with Crippen molar-refractivity contribution in [3.8, 4) is 0 Å². The molecule has 0 N–H and O–H groups in total. The maximum absolute atomic E-state index is 12.6. The fraction of sp³-hybridized carbons (Fsp3) is 0.368. The number of hydrogen-bond acceptors (Lipinski definition) is 6. The molecule has 0 spiro atoms. The largest absolute Gasteiger partial charge is 0.336 e. The third-order valence-electron chi connectivity index (χ3n) is 4.43. The maximum atomic E-state index is 12.6. The molecule has 144 valence electrons. The third kappa shape index (κ3) is 4.70. The topological polar surface area (TPSA) is 53.1 Å². The van der Waals surface area contributed by atoms with Crippen LogP contribution in [0.3, 0.4) is 0 Å². The summed E-state index contributed by atoms with van der Waals surface area (Å²) in [6, 6.07) is 13.4. The molecular weight excluding hydrogens is 382 g/mol. The Labute approximate surface area is 167 Å². The smallest absolute Gasteiger partial charge is 0.287 e. The van der Waals surface area contributed by atoms with Crippen LogP contribution in [-0.4, -0.2) is 65.9 Å². The van der Waals surface area contributed by atoms with Gasteiger partial charge in [0, 0.05) is 38.3 Å². The second-order valence-corrected chi connectivity index (χ2v) is 8.74. The molecular formula is C19H23N3O3S2. The van der Waals surface area contributed by atoms with Gasteiger partial charge in [0.2, 0.25) is 0 Å². The minimum absolute atomic E-state index is 0.0821. The monoisotopic (exact) mass is 405 g/mol. The van der Waals surface area contributed by atoms with E-state index in [0.29, 0.717) is 18.0 Å². The summed E-state index contributed by atoms with van der Waals surface area (Å²) in [7, 11) is 3.07. The first-order chi connectivity index (χ1) is 13.0. The molecule has 2 amide bonds. The summed E-state index contributed by atoms with van der Waals surface area (Å²) in [6.45, 7) is 4.28. The lowest BCUT2D eigenvalue weighted by Gasteiger charge is -2.38. The fourth-order valence-corrected chi connectivity index (χ4v) is 5.05. The molecule has 3 rings (SSSR count). The number of benzene rings is 1. The van der Waals surface area contributed by atoms with Crippen molar-refractivity contribution < 1.29 is 14.4 Å². The van der Waals surface area contributed by atoms with E-state index >= 15 is 0 Å². The Balaban J connectivity index is 1.58. The lowest BCUT2D eigenvalue weighted by Crippen LogP contribution is -2.51. The van der Waals surface area contributed by atoms with Gasteiger partial charge in [0.15, 0.2) is 0 Å². The van der Waals surface area contributed by atoms with Crippen molar-refractivity contribution in [2.24, 2.45) is 0 Å². The molecule has 1 aliphatic rings. The molecule has 2 aromatic rings. The standard InChI is InChI=1S/C19H23N3O3S2/c1-14-13-21(18(23)15-7-5-4-6-8-15)11-12-22(14)27-17-10-9-16(26-17)19(24)20(2)25-3/h4-10,14H,11-13H2,1-3H3. The van der Waals surface area contributed by atoms with E-state index in [1.807, 2.05) is 47.4 Å². The number of carbonyl (C=O) groups is 2. The first-order valence-corrected chi connectivity index (χ1v) is 10.3. The van der Waals surface area contributed by atoms with Crippen molar-refractivity contribution in [2.75, 3.05) is 33.8 Å². The summed E-state index contributed by atoms with van der Waals surface area (Å²) >= 11 is 3.10. The summed E-state index contributed by atoms with van der Waals surface area (Å²) in [4.78, 5) is 32.3. The van der Waals surface area contributed by atoms with Crippen LogP contribution in [-0.2, 0) is 4.84 Å². The summed E-state index contributed by atoms with van der Waals surface area (Å²) in [5.74, 6) is -0.0700. The Morgan fingerprint density at radius 2 is 1.93 bits per heavy atom. The van der Waals surface area contributed by atoms with Gasteiger partial charge in [-0.3, -0.25) is 14.4 Å². The van der Waals surface area contributed by atoms with Gasteiger partial charge in [-0.15, -0.1) is 11.3 Å². The molecule has 1 saturated heterocycles. The normalized spacial score (nSPS) is 17.7. The summed E-state index contributed by atoms with van der Waals surface area (Å²) < 4.78 is 3.33. The second-order valence-electron chi connectivity index (χ2n) is 6.30. The van der Waals surface area contributed by atoms with Crippen LogP contribution in [0.5, 0.6) is 0 Å². The van der Waals surface area contributed by atoms with Crippen LogP contribution < -0.4 is 0 Å². The Morgan fingerprint density at radius 1 is 1.19 bits per heavy atom. The van der Waals surface area contributed by atoms with Crippen molar-refractivity contribution >= 4 is 35.1 Å². The summed E-state index contributed by atoms with van der Waals surface area (Å²) in [6.07, 6.45) is 0. The second kappa shape index (κ2) is 8.88. The predicted molar refractivity (Wildman–Crippen MR) is 108 cm³/mol. The van der Waals surface area contributed by atoms with E-state index in [2.05, 4.69) is 11.2 Å². The zero-order chi connectivity index (χ0) is 19.4. The number of carbonyl (C=O) groups excluding carboxylic acids is 2. The van der Waals surface area contributed by atoms with Crippen LogP contribution >= 0.6 is 23.3 Å². The van der Waals surface area contributed by atoms with Crippen LogP contribution in [0, 0.1) is 0 Å². The number of piperazine rings is 1. The zero-order valence-electron chi connectivity index (χ0n) is 15.6. The highest BCUT2D eigenvalue weighted by molar-refractivity contribution is 7.99. The number of rotatable bonds is 5. The minimum Gasteiger partial charge on any atom is -0.336 e. The summed E-state index contributed by atoms with van der Waals surface area (Å²) in [5, 5.41) is 1.22. The number of hydrogen-bond donors (Lipinski definition) is 0. The molecule has 6 nitrogen and oxygen atoms in total. The number of hydroxylamine groups is 2. The molecule has 1 aromatic carbocycles. The maximum Gasteiger partial charge on any atom is 0.287 e. The predicted octanol–water partition coefficient (Wildman–Crippen LogP) is 3.24. The molecule has 0 aliphatic carbocycles. The SMILES string of the molecule is CON(C)C(=O)c1ccc(SN2CCN(C(=O)c3ccccc3)CC2C)s1. The molecule has 1 aromatic heterocycles. The Bertz CT molecular complexity index is 797. The van der Waals surface area contributed by atoms with E-state index in [1.165, 1.54) is 23.5 Å². The zero-order valence-corrected chi connectivity index (χ0v) is 17.3. The quantitative estimate of drug-likeness (QED) is 0.565. The van der Waals surface area contributed by atoms with Crippen molar-refractivity contribution in [2.45, 2.75) is 17.2 Å². The Morgan fingerprint density at radius 3 is 2.59 bits per heavy atom. The molecule has 1 aliphatic heterocycles. The van der Waals surface area contributed by atoms with E-state index in [4.69, 9.17) is 4.84 Å². The van der Waals surface area contributed by atoms with E-state index in [-0.39, 0.29) is 17.9 Å². The summed E-state index contributed by atoms with van der Waals surface area (Å²) in [5.41, 5.74) is 0.731.